The minimum atomic E-state index is -0.832. The summed E-state index contributed by atoms with van der Waals surface area (Å²) in [6.45, 7) is 1.74. The number of benzene rings is 1. The molecule has 98 valence electrons. The largest absolute Gasteiger partial charge is 0.464 e. The predicted octanol–water partition coefficient (Wildman–Crippen LogP) is 1.92. The lowest BCUT2D eigenvalue weighted by atomic mass is 10.1. The van der Waals surface area contributed by atoms with Gasteiger partial charge in [0.05, 0.1) is 13.2 Å². The van der Waals surface area contributed by atoms with Gasteiger partial charge in [-0.15, -0.1) is 0 Å². The second-order valence-electron chi connectivity index (χ2n) is 4.36. The van der Waals surface area contributed by atoms with E-state index in [9.17, 15) is 4.79 Å². The molecule has 2 N–H and O–H groups in total. The molecule has 2 atom stereocenters. The van der Waals surface area contributed by atoms with Crippen molar-refractivity contribution >= 4 is 17.6 Å². The lowest BCUT2D eigenvalue weighted by molar-refractivity contribution is -0.146. The van der Waals surface area contributed by atoms with E-state index >= 15 is 0 Å². The van der Waals surface area contributed by atoms with Gasteiger partial charge < -0.3 is 15.2 Å². The topological polar surface area (TPSA) is 61.6 Å². The molecular formula is C13H16ClNO3. The zero-order chi connectivity index (χ0) is 13.0. The fourth-order valence-electron chi connectivity index (χ4n) is 1.86. The molecule has 1 heterocycles. The van der Waals surface area contributed by atoms with Gasteiger partial charge in [0.25, 0.3) is 0 Å². The molecule has 0 aliphatic carbocycles. The molecule has 1 saturated heterocycles. The number of halogens is 1. The van der Waals surface area contributed by atoms with Crippen molar-refractivity contribution in [1.82, 2.24) is 0 Å². The molecule has 4 nitrogen and oxygen atoms in total. The van der Waals surface area contributed by atoms with Crippen LogP contribution in [0.2, 0.25) is 5.02 Å². The Morgan fingerprint density at radius 1 is 1.56 bits per heavy atom. The zero-order valence-corrected chi connectivity index (χ0v) is 10.7. The van der Waals surface area contributed by atoms with Crippen molar-refractivity contribution in [2.75, 3.05) is 19.8 Å². The Bertz CT molecular complexity index is 418. The summed E-state index contributed by atoms with van der Waals surface area (Å²) in [5.74, 6) is -0.164. The number of hydrogen-bond donors (Lipinski definition) is 1. The molecule has 0 saturated carbocycles. The van der Waals surface area contributed by atoms with E-state index in [0.29, 0.717) is 23.8 Å². The summed E-state index contributed by atoms with van der Waals surface area (Å²) in [4.78, 5) is 11.8. The maximum Gasteiger partial charge on any atom is 0.327 e. The van der Waals surface area contributed by atoms with Crippen LogP contribution in [0.4, 0.5) is 0 Å². The Morgan fingerprint density at radius 2 is 2.33 bits per heavy atom. The Labute approximate surface area is 111 Å². The van der Waals surface area contributed by atoms with Gasteiger partial charge in [-0.3, -0.25) is 0 Å². The fourth-order valence-corrected chi connectivity index (χ4v) is 2.11. The van der Waals surface area contributed by atoms with Crippen molar-refractivity contribution in [2.24, 2.45) is 11.7 Å². The van der Waals surface area contributed by atoms with Crippen LogP contribution in [-0.4, -0.2) is 25.8 Å². The first kappa shape index (κ1) is 13.3. The Hall–Kier alpha value is -1.10. The third-order valence-corrected chi connectivity index (χ3v) is 3.32. The molecular weight excluding hydrogens is 254 g/mol. The summed E-state index contributed by atoms with van der Waals surface area (Å²) in [6, 6.07) is 6.18. The average Bonchev–Trinajstić information content (AvgIpc) is 2.89. The summed E-state index contributed by atoms with van der Waals surface area (Å²) >= 11 is 5.98. The molecule has 5 heteroatoms. The second-order valence-corrected chi connectivity index (χ2v) is 4.77. The summed E-state index contributed by atoms with van der Waals surface area (Å²) < 4.78 is 10.4. The molecule has 0 amide bonds. The fraction of sp³-hybridized carbons (Fsp3) is 0.462. The molecule has 1 aliphatic heterocycles. The Kier molecular flexibility index (Phi) is 4.58. The van der Waals surface area contributed by atoms with E-state index in [1.807, 2.05) is 0 Å². The molecule has 1 aliphatic rings. The minimum absolute atomic E-state index is 0.285. The lowest BCUT2D eigenvalue weighted by Crippen LogP contribution is -2.26. The average molecular weight is 270 g/mol. The van der Waals surface area contributed by atoms with E-state index in [4.69, 9.17) is 26.8 Å². The van der Waals surface area contributed by atoms with E-state index in [2.05, 4.69) is 0 Å². The van der Waals surface area contributed by atoms with Gasteiger partial charge in [0, 0.05) is 17.5 Å². The van der Waals surface area contributed by atoms with E-state index in [1.165, 1.54) is 0 Å². The van der Waals surface area contributed by atoms with Crippen molar-refractivity contribution < 1.29 is 14.3 Å². The lowest BCUT2D eigenvalue weighted by Gasteiger charge is -2.14. The van der Waals surface area contributed by atoms with Crippen molar-refractivity contribution in [3.63, 3.8) is 0 Å². The smallest absolute Gasteiger partial charge is 0.327 e. The zero-order valence-electron chi connectivity index (χ0n) is 9.97. The molecule has 1 aromatic rings. The number of rotatable bonds is 4. The van der Waals surface area contributed by atoms with Crippen LogP contribution in [0.3, 0.4) is 0 Å². The highest BCUT2D eigenvalue weighted by atomic mass is 35.5. The van der Waals surface area contributed by atoms with Gasteiger partial charge in [-0.2, -0.15) is 0 Å². The number of carbonyl (C=O) groups is 1. The number of esters is 1. The highest BCUT2D eigenvalue weighted by molar-refractivity contribution is 6.31. The van der Waals surface area contributed by atoms with E-state index < -0.39 is 12.0 Å². The van der Waals surface area contributed by atoms with Gasteiger partial charge in [-0.1, -0.05) is 29.8 Å². The molecule has 0 aromatic heterocycles. The SMILES string of the molecule is N[C@@H](C(=O)OCC1CCOC1)c1ccccc1Cl. The Balaban J connectivity index is 1.90. The first-order chi connectivity index (χ1) is 8.68. The molecule has 0 radical (unpaired) electrons. The standard InChI is InChI=1S/C13H16ClNO3/c14-11-4-2-1-3-10(11)12(15)13(16)18-8-9-5-6-17-7-9/h1-4,9,12H,5-8,15H2/t9?,12-/m1/s1. The molecule has 2 rings (SSSR count). The quantitative estimate of drug-likeness (QED) is 0.849. The third kappa shape index (κ3) is 3.22. The second kappa shape index (κ2) is 6.18. The van der Waals surface area contributed by atoms with E-state index in [-0.39, 0.29) is 5.92 Å². The third-order valence-electron chi connectivity index (χ3n) is 2.98. The number of ether oxygens (including phenoxy) is 2. The molecule has 1 unspecified atom stereocenters. The monoisotopic (exact) mass is 269 g/mol. The van der Waals surface area contributed by atoms with Crippen LogP contribution in [0.15, 0.2) is 24.3 Å². The summed E-state index contributed by atoms with van der Waals surface area (Å²) in [6.07, 6.45) is 0.925. The van der Waals surface area contributed by atoms with Crippen LogP contribution in [-0.2, 0) is 14.3 Å². The van der Waals surface area contributed by atoms with Gasteiger partial charge in [-0.05, 0) is 18.1 Å². The molecule has 1 aromatic carbocycles. The van der Waals surface area contributed by atoms with Gasteiger partial charge >= 0.3 is 5.97 Å². The summed E-state index contributed by atoms with van der Waals surface area (Å²) in [7, 11) is 0. The van der Waals surface area contributed by atoms with Gasteiger partial charge in [-0.25, -0.2) is 4.79 Å². The first-order valence-corrected chi connectivity index (χ1v) is 6.30. The summed E-state index contributed by atoms with van der Waals surface area (Å²) in [5, 5.41) is 0.478. The van der Waals surface area contributed by atoms with Crippen LogP contribution in [0.5, 0.6) is 0 Å². The highest BCUT2D eigenvalue weighted by Crippen LogP contribution is 2.22. The maximum atomic E-state index is 11.8. The maximum absolute atomic E-state index is 11.8. The van der Waals surface area contributed by atoms with E-state index in [0.717, 1.165) is 13.0 Å². The van der Waals surface area contributed by atoms with Gasteiger partial charge in [0.15, 0.2) is 0 Å². The van der Waals surface area contributed by atoms with Crippen LogP contribution in [0, 0.1) is 5.92 Å². The predicted molar refractivity (Wildman–Crippen MR) is 68.3 cm³/mol. The molecule has 1 fully saturated rings. The Morgan fingerprint density at radius 3 is 3.00 bits per heavy atom. The number of carbonyl (C=O) groups excluding carboxylic acids is 1. The van der Waals surface area contributed by atoms with Crippen molar-refractivity contribution in [1.29, 1.82) is 0 Å². The van der Waals surface area contributed by atoms with Crippen LogP contribution >= 0.6 is 11.6 Å². The van der Waals surface area contributed by atoms with E-state index in [1.54, 1.807) is 24.3 Å². The first-order valence-electron chi connectivity index (χ1n) is 5.93. The molecule has 0 spiro atoms. The normalized spacial score (nSPS) is 20.7. The number of nitrogens with two attached hydrogens (primary N) is 1. The number of hydrogen-bond acceptors (Lipinski definition) is 4. The van der Waals surface area contributed by atoms with Crippen LogP contribution < -0.4 is 5.73 Å². The van der Waals surface area contributed by atoms with Crippen LogP contribution in [0.25, 0.3) is 0 Å². The summed E-state index contributed by atoms with van der Waals surface area (Å²) in [5.41, 5.74) is 6.42. The minimum Gasteiger partial charge on any atom is -0.464 e. The van der Waals surface area contributed by atoms with Crippen LogP contribution in [0.1, 0.15) is 18.0 Å². The van der Waals surface area contributed by atoms with Crippen molar-refractivity contribution in [3.05, 3.63) is 34.9 Å². The molecule has 0 bridgehead atoms. The van der Waals surface area contributed by atoms with Crippen molar-refractivity contribution in [3.8, 4) is 0 Å². The highest BCUT2D eigenvalue weighted by Gasteiger charge is 2.22. The molecule has 18 heavy (non-hydrogen) atoms. The van der Waals surface area contributed by atoms with Crippen molar-refractivity contribution in [2.45, 2.75) is 12.5 Å². The van der Waals surface area contributed by atoms with Gasteiger partial charge in [0.1, 0.15) is 6.04 Å². The van der Waals surface area contributed by atoms with Gasteiger partial charge in [0.2, 0.25) is 0 Å².